The van der Waals surface area contributed by atoms with Crippen LogP contribution in [0.15, 0.2) is 18.2 Å². The Morgan fingerprint density at radius 3 is 3.00 bits per heavy atom. The number of hydrogen-bond donors (Lipinski definition) is 1. The van der Waals surface area contributed by atoms with E-state index in [1.807, 2.05) is 6.07 Å². The monoisotopic (exact) mass is 231 g/mol. The van der Waals surface area contributed by atoms with Crippen LogP contribution in [0.2, 0.25) is 5.02 Å². The Kier molecular flexibility index (Phi) is 4.24. The van der Waals surface area contributed by atoms with Gasteiger partial charge in [0.05, 0.1) is 0 Å². The fourth-order valence-electron chi connectivity index (χ4n) is 1.90. The predicted octanol–water partition coefficient (Wildman–Crippen LogP) is 3.01. The lowest BCUT2D eigenvalue weighted by molar-refractivity contribution is 0.644. The summed E-state index contributed by atoms with van der Waals surface area (Å²) < 4.78 is 0. The molecule has 0 fully saturated rings. The quantitative estimate of drug-likeness (QED) is 0.725. The maximum absolute atomic E-state index is 5.97. The predicted molar refractivity (Wildman–Crippen MR) is 63.7 cm³/mol. The van der Waals surface area contributed by atoms with E-state index in [2.05, 4.69) is 24.4 Å². The van der Waals surface area contributed by atoms with Gasteiger partial charge in [0.1, 0.15) is 0 Å². The van der Waals surface area contributed by atoms with Crippen LogP contribution in [0.1, 0.15) is 24.0 Å². The first-order chi connectivity index (χ1) is 6.27. The fraction of sp³-hybridized carbons (Fsp3) is 0.455. The summed E-state index contributed by atoms with van der Waals surface area (Å²) in [5, 5.41) is 4.27. The van der Waals surface area contributed by atoms with Crippen molar-refractivity contribution >= 4 is 24.0 Å². The van der Waals surface area contributed by atoms with Crippen molar-refractivity contribution in [3.8, 4) is 0 Å². The average Bonchev–Trinajstić information content (AvgIpc) is 2.29. The van der Waals surface area contributed by atoms with E-state index in [1.54, 1.807) is 0 Å². The lowest BCUT2D eigenvalue weighted by Gasteiger charge is -2.11. The Labute approximate surface area is 96.3 Å². The van der Waals surface area contributed by atoms with Crippen LogP contribution in [-0.4, -0.2) is 13.1 Å². The molecule has 0 aromatic heterocycles. The van der Waals surface area contributed by atoms with E-state index < -0.39 is 0 Å². The third kappa shape index (κ3) is 2.41. The standard InChI is InChI=1S/C11H14ClN.ClH/c1-8-7-13-5-4-9-2-3-10(12)6-11(8)9;/h2-3,6,8,13H,4-5,7H2,1H3;1H/t8-;/m1./s1. The number of hydrogen-bond acceptors (Lipinski definition) is 1. The number of rotatable bonds is 0. The molecular formula is C11H15Cl2N. The van der Waals surface area contributed by atoms with Crippen LogP contribution < -0.4 is 5.32 Å². The molecule has 14 heavy (non-hydrogen) atoms. The Hall–Kier alpha value is -0.240. The van der Waals surface area contributed by atoms with Crippen molar-refractivity contribution in [1.82, 2.24) is 5.32 Å². The molecule has 1 heterocycles. The second kappa shape index (κ2) is 5.01. The van der Waals surface area contributed by atoms with Gasteiger partial charge in [-0.25, -0.2) is 0 Å². The van der Waals surface area contributed by atoms with E-state index in [9.17, 15) is 0 Å². The molecule has 1 N–H and O–H groups in total. The minimum Gasteiger partial charge on any atom is -0.316 e. The zero-order valence-electron chi connectivity index (χ0n) is 8.22. The van der Waals surface area contributed by atoms with Crippen molar-refractivity contribution in [2.24, 2.45) is 0 Å². The van der Waals surface area contributed by atoms with Gasteiger partial charge in [-0.3, -0.25) is 0 Å². The molecule has 0 unspecified atom stereocenters. The van der Waals surface area contributed by atoms with Gasteiger partial charge in [0, 0.05) is 11.6 Å². The summed E-state index contributed by atoms with van der Waals surface area (Å²) in [7, 11) is 0. The first kappa shape index (κ1) is 11.8. The smallest absolute Gasteiger partial charge is 0.0409 e. The zero-order chi connectivity index (χ0) is 9.26. The molecule has 3 heteroatoms. The van der Waals surface area contributed by atoms with Crippen molar-refractivity contribution < 1.29 is 0 Å². The average molecular weight is 232 g/mol. The van der Waals surface area contributed by atoms with Crippen molar-refractivity contribution in [3.63, 3.8) is 0 Å². The second-order valence-corrected chi connectivity index (χ2v) is 4.13. The molecule has 2 rings (SSSR count). The van der Waals surface area contributed by atoms with Crippen molar-refractivity contribution in [1.29, 1.82) is 0 Å². The van der Waals surface area contributed by atoms with Crippen LogP contribution >= 0.6 is 24.0 Å². The highest BCUT2D eigenvalue weighted by molar-refractivity contribution is 6.30. The third-order valence-corrected chi connectivity index (χ3v) is 2.90. The van der Waals surface area contributed by atoms with Gasteiger partial charge >= 0.3 is 0 Å². The third-order valence-electron chi connectivity index (χ3n) is 2.66. The van der Waals surface area contributed by atoms with Gasteiger partial charge in [0.15, 0.2) is 0 Å². The minimum atomic E-state index is 0. The molecule has 0 bridgehead atoms. The molecular weight excluding hydrogens is 217 g/mol. The fourth-order valence-corrected chi connectivity index (χ4v) is 2.08. The van der Waals surface area contributed by atoms with E-state index >= 15 is 0 Å². The van der Waals surface area contributed by atoms with Gasteiger partial charge in [-0.15, -0.1) is 12.4 Å². The molecule has 1 aromatic carbocycles. The van der Waals surface area contributed by atoms with E-state index in [4.69, 9.17) is 11.6 Å². The maximum atomic E-state index is 5.97. The van der Waals surface area contributed by atoms with Crippen molar-refractivity contribution in [3.05, 3.63) is 34.3 Å². The molecule has 0 spiro atoms. The molecule has 0 saturated carbocycles. The van der Waals surface area contributed by atoms with E-state index in [-0.39, 0.29) is 12.4 Å². The summed E-state index contributed by atoms with van der Waals surface area (Å²) in [6.45, 7) is 4.39. The molecule has 0 aliphatic carbocycles. The molecule has 0 amide bonds. The van der Waals surface area contributed by atoms with Crippen LogP contribution in [0, 0.1) is 0 Å². The van der Waals surface area contributed by atoms with Crippen LogP contribution in [0.3, 0.4) is 0 Å². The first-order valence-electron chi connectivity index (χ1n) is 4.76. The van der Waals surface area contributed by atoms with Crippen LogP contribution in [-0.2, 0) is 6.42 Å². The van der Waals surface area contributed by atoms with Crippen LogP contribution in [0.4, 0.5) is 0 Å². The Balaban J connectivity index is 0.000000980. The Morgan fingerprint density at radius 2 is 2.21 bits per heavy atom. The first-order valence-corrected chi connectivity index (χ1v) is 5.14. The molecule has 1 atom stereocenters. The summed E-state index contributed by atoms with van der Waals surface area (Å²) >= 11 is 5.97. The highest BCUT2D eigenvalue weighted by Crippen LogP contribution is 2.25. The van der Waals surface area contributed by atoms with Gasteiger partial charge in [-0.1, -0.05) is 24.6 Å². The number of nitrogens with one attached hydrogen (secondary N) is 1. The minimum absolute atomic E-state index is 0. The van der Waals surface area contributed by atoms with Gasteiger partial charge < -0.3 is 5.32 Å². The summed E-state index contributed by atoms with van der Waals surface area (Å²) in [5.74, 6) is 0.580. The molecule has 0 saturated heterocycles. The lowest BCUT2D eigenvalue weighted by Crippen LogP contribution is -2.18. The van der Waals surface area contributed by atoms with E-state index in [0.717, 1.165) is 24.5 Å². The van der Waals surface area contributed by atoms with Gasteiger partial charge in [0.2, 0.25) is 0 Å². The van der Waals surface area contributed by atoms with E-state index in [0.29, 0.717) is 5.92 Å². The number of benzene rings is 1. The topological polar surface area (TPSA) is 12.0 Å². The van der Waals surface area contributed by atoms with Crippen molar-refractivity contribution in [2.75, 3.05) is 13.1 Å². The SMILES string of the molecule is C[C@@H]1CNCCc2ccc(Cl)cc21.Cl. The Morgan fingerprint density at radius 1 is 1.43 bits per heavy atom. The molecule has 1 aliphatic rings. The molecule has 0 radical (unpaired) electrons. The molecule has 1 aliphatic heterocycles. The Bertz CT molecular complexity index is 312. The number of fused-ring (bicyclic) bond motifs is 1. The van der Waals surface area contributed by atoms with Gasteiger partial charge in [-0.2, -0.15) is 0 Å². The van der Waals surface area contributed by atoms with E-state index in [1.165, 1.54) is 11.1 Å². The largest absolute Gasteiger partial charge is 0.316 e. The zero-order valence-corrected chi connectivity index (χ0v) is 9.79. The van der Waals surface area contributed by atoms with Crippen molar-refractivity contribution in [2.45, 2.75) is 19.3 Å². The molecule has 1 nitrogen and oxygen atoms in total. The highest BCUT2D eigenvalue weighted by atomic mass is 35.5. The van der Waals surface area contributed by atoms with Crippen LogP contribution in [0.5, 0.6) is 0 Å². The lowest BCUT2D eigenvalue weighted by atomic mass is 9.96. The summed E-state index contributed by atoms with van der Waals surface area (Å²) in [5.41, 5.74) is 2.86. The summed E-state index contributed by atoms with van der Waals surface area (Å²) in [6.07, 6.45) is 1.12. The van der Waals surface area contributed by atoms with Gasteiger partial charge in [-0.05, 0) is 42.1 Å². The summed E-state index contributed by atoms with van der Waals surface area (Å²) in [4.78, 5) is 0. The van der Waals surface area contributed by atoms with Crippen LogP contribution in [0.25, 0.3) is 0 Å². The normalized spacial score (nSPS) is 20.6. The molecule has 78 valence electrons. The molecule has 1 aromatic rings. The maximum Gasteiger partial charge on any atom is 0.0409 e. The van der Waals surface area contributed by atoms with Gasteiger partial charge in [0.25, 0.3) is 0 Å². The highest BCUT2D eigenvalue weighted by Gasteiger charge is 2.13. The summed E-state index contributed by atoms with van der Waals surface area (Å²) in [6, 6.07) is 6.24. The second-order valence-electron chi connectivity index (χ2n) is 3.70. The number of halogens is 2.